The molecule has 6 nitrogen and oxygen atoms in total. The van der Waals surface area contributed by atoms with E-state index in [4.69, 9.17) is 4.74 Å². The van der Waals surface area contributed by atoms with Crippen molar-refractivity contribution in [3.05, 3.63) is 81.3 Å². The molecule has 1 saturated heterocycles. The molecule has 1 aromatic carbocycles. The van der Waals surface area contributed by atoms with Gasteiger partial charge in [0.05, 0.1) is 12.5 Å². The SMILES string of the molecule is Cc1cc(C(=O)COC(=O)[C@@H]2CC(=O)N(Cc3ccccc3)C2)c(C)n1Cc1cccs1. The van der Waals surface area contributed by atoms with E-state index < -0.39 is 11.9 Å². The fraction of sp³-hybridized carbons (Fsp3) is 0.320. The number of nitrogens with zero attached hydrogens (tertiary/aromatic N) is 2. The molecule has 4 rings (SSSR count). The topological polar surface area (TPSA) is 68.6 Å². The Morgan fingerprint density at radius 3 is 2.59 bits per heavy atom. The lowest BCUT2D eigenvalue weighted by molar-refractivity contribution is -0.147. The van der Waals surface area contributed by atoms with Gasteiger partial charge in [0, 0.05) is 41.3 Å². The largest absolute Gasteiger partial charge is 0.457 e. The third kappa shape index (κ3) is 4.83. The Bertz CT molecular complexity index is 1120. The van der Waals surface area contributed by atoms with Crippen molar-refractivity contribution in [2.45, 2.75) is 33.4 Å². The molecule has 0 N–H and O–H groups in total. The number of esters is 1. The number of carbonyl (C=O) groups excluding carboxylic acids is 3. The summed E-state index contributed by atoms with van der Waals surface area (Å²) in [5.74, 6) is -1.33. The standard InChI is InChI=1S/C25H26N2O4S/c1-17-11-22(18(2)27(17)15-21-9-6-10-32-21)23(28)16-31-25(30)20-12-24(29)26(14-20)13-19-7-4-3-5-8-19/h3-11,20H,12-16H2,1-2H3/t20-/m1/s1. The molecular weight excluding hydrogens is 424 g/mol. The number of hydrogen-bond acceptors (Lipinski definition) is 5. The van der Waals surface area contributed by atoms with Crippen molar-refractivity contribution in [3.63, 3.8) is 0 Å². The minimum atomic E-state index is -0.537. The molecule has 1 aliphatic heterocycles. The summed E-state index contributed by atoms with van der Waals surface area (Å²) in [6.45, 7) is 5.06. The number of hydrogen-bond donors (Lipinski definition) is 0. The van der Waals surface area contributed by atoms with Gasteiger partial charge in [0.1, 0.15) is 0 Å². The second-order valence-electron chi connectivity index (χ2n) is 8.14. The van der Waals surface area contributed by atoms with Crippen LogP contribution < -0.4 is 0 Å². The number of ether oxygens (including phenoxy) is 1. The molecule has 3 aromatic rings. The van der Waals surface area contributed by atoms with E-state index in [2.05, 4.69) is 10.6 Å². The number of amides is 1. The fourth-order valence-corrected chi connectivity index (χ4v) is 4.80. The Kier molecular flexibility index (Phi) is 6.55. The summed E-state index contributed by atoms with van der Waals surface area (Å²) in [7, 11) is 0. The molecular formula is C25H26N2O4S. The van der Waals surface area contributed by atoms with Gasteiger partial charge in [-0.05, 0) is 36.9 Å². The molecule has 0 radical (unpaired) electrons. The highest BCUT2D eigenvalue weighted by Crippen LogP contribution is 2.23. The summed E-state index contributed by atoms with van der Waals surface area (Å²) in [6.07, 6.45) is 0.120. The third-order valence-electron chi connectivity index (χ3n) is 5.88. The predicted molar refractivity (Wildman–Crippen MR) is 123 cm³/mol. The van der Waals surface area contributed by atoms with Crippen molar-refractivity contribution in [1.29, 1.82) is 0 Å². The van der Waals surface area contributed by atoms with Crippen molar-refractivity contribution in [2.24, 2.45) is 5.92 Å². The van der Waals surface area contributed by atoms with Gasteiger partial charge in [-0.2, -0.15) is 0 Å². The van der Waals surface area contributed by atoms with Gasteiger partial charge in [-0.25, -0.2) is 0 Å². The molecule has 2 aromatic heterocycles. The number of aryl methyl sites for hydroxylation is 1. The first-order chi connectivity index (χ1) is 15.4. The van der Waals surface area contributed by atoms with Crippen molar-refractivity contribution < 1.29 is 19.1 Å². The van der Waals surface area contributed by atoms with Crippen LogP contribution in [-0.2, 0) is 27.4 Å². The van der Waals surface area contributed by atoms with E-state index in [0.29, 0.717) is 25.2 Å². The second kappa shape index (κ2) is 9.53. The van der Waals surface area contributed by atoms with E-state index in [0.717, 1.165) is 17.0 Å². The number of rotatable bonds is 8. The summed E-state index contributed by atoms with van der Waals surface area (Å²) < 4.78 is 7.42. The Hall–Kier alpha value is -3.19. The molecule has 0 bridgehead atoms. The molecule has 0 saturated carbocycles. The molecule has 1 aliphatic rings. The molecule has 3 heterocycles. The van der Waals surface area contributed by atoms with E-state index in [1.54, 1.807) is 16.2 Å². The molecule has 1 fully saturated rings. The van der Waals surface area contributed by atoms with Gasteiger partial charge in [0.25, 0.3) is 0 Å². The number of carbonyl (C=O) groups is 3. The van der Waals surface area contributed by atoms with E-state index in [1.165, 1.54) is 4.88 Å². The molecule has 0 aliphatic carbocycles. The maximum absolute atomic E-state index is 12.8. The average Bonchev–Trinajstić information content (AvgIpc) is 3.50. The number of thiophene rings is 1. The number of aromatic nitrogens is 1. The summed E-state index contributed by atoms with van der Waals surface area (Å²) in [4.78, 5) is 40.5. The average molecular weight is 451 g/mol. The van der Waals surface area contributed by atoms with Crippen LogP contribution >= 0.6 is 11.3 Å². The van der Waals surface area contributed by atoms with Gasteiger partial charge < -0.3 is 14.2 Å². The first kappa shape index (κ1) is 22.0. The first-order valence-electron chi connectivity index (χ1n) is 10.6. The summed E-state index contributed by atoms with van der Waals surface area (Å²) in [6, 6.07) is 15.6. The lowest BCUT2D eigenvalue weighted by Crippen LogP contribution is -2.27. The van der Waals surface area contributed by atoms with Crippen LogP contribution in [0.5, 0.6) is 0 Å². The Morgan fingerprint density at radius 2 is 1.88 bits per heavy atom. The zero-order chi connectivity index (χ0) is 22.7. The number of ketones is 1. The Balaban J connectivity index is 1.33. The smallest absolute Gasteiger partial charge is 0.311 e. The fourth-order valence-electron chi connectivity index (χ4n) is 4.10. The van der Waals surface area contributed by atoms with Gasteiger partial charge in [-0.1, -0.05) is 36.4 Å². The first-order valence-corrected chi connectivity index (χ1v) is 11.5. The summed E-state index contributed by atoms with van der Waals surface area (Å²) >= 11 is 1.68. The predicted octanol–water partition coefficient (Wildman–Crippen LogP) is 3.99. The van der Waals surface area contributed by atoms with Crippen LogP contribution in [0, 0.1) is 19.8 Å². The molecule has 0 spiro atoms. The molecule has 0 unspecified atom stereocenters. The van der Waals surface area contributed by atoms with Gasteiger partial charge in [0.2, 0.25) is 11.7 Å². The highest BCUT2D eigenvalue weighted by atomic mass is 32.1. The molecule has 1 amide bonds. The van der Waals surface area contributed by atoms with Crippen LogP contribution in [0.2, 0.25) is 0 Å². The van der Waals surface area contributed by atoms with Crippen LogP contribution in [0.4, 0.5) is 0 Å². The maximum atomic E-state index is 12.8. The molecule has 166 valence electrons. The van der Waals surface area contributed by atoms with Crippen molar-refractivity contribution in [3.8, 4) is 0 Å². The van der Waals surface area contributed by atoms with Gasteiger partial charge in [0.15, 0.2) is 6.61 Å². The highest BCUT2D eigenvalue weighted by Gasteiger charge is 2.35. The van der Waals surface area contributed by atoms with Crippen LogP contribution in [0.3, 0.4) is 0 Å². The van der Waals surface area contributed by atoms with Crippen molar-refractivity contribution in [2.75, 3.05) is 13.2 Å². The van der Waals surface area contributed by atoms with Gasteiger partial charge in [-0.15, -0.1) is 11.3 Å². The van der Waals surface area contributed by atoms with E-state index in [1.807, 2.05) is 61.7 Å². The van der Waals surface area contributed by atoms with Crippen LogP contribution in [-0.4, -0.2) is 40.3 Å². The number of likely N-dealkylation sites (tertiary alicyclic amines) is 1. The normalized spacial score (nSPS) is 15.9. The quantitative estimate of drug-likeness (QED) is 0.384. The third-order valence-corrected chi connectivity index (χ3v) is 6.74. The maximum Gasteiger partial charge on any atom is 0.311 e. The minimum absolute atomic E-state index is 0.0701. The van der Waals surface area contributed by atoms with Crippen molar-refractivity contribution >= 4 is 29.0 Å². The van der Waals surface area contributed by atoms with Crippen molar-refractivity contribution in [1.82, 2.24) is 9.47 Å². The minimum Gasteiger partial charge on any atom is -0.457 e. The molecule has 1 atom stereocenters. The van der Waals surface area contributed by atoms with Crippen LogP contribution in [0.1, 0.15) is 38.6 Å². The number of Topliss-reactive ketones (excluding diaryl/α,β-unsaturated/α-hetero) is 1. The van der Waals surface area contributed by atoms with Gasteiger partial charge >= 0.3 is 5.97 Å². The monoisotopic (exact) mass is 450 g/mol. The van der Waals surface area contributed by atoms with Gasteiger partial charge in [-0.3, -0.25) is 14.4 Å². The summed E-state index contributed by atoms with van der Waals surface area (Å²) in [5.41, 5.74) is 3.44. The zero-order valence-electron chi connectivity index (χ0n) is 18.2. The molecule has 32 heavy (non-hydrogen) atoms. The lowest BCUT2D eigenvalue weighted by Gasteiger charge is -2.16. The van der Waals surface area contributed by atoms with E-state index in [-0.39, 0.29) is 24.7 Å². The zero-order valence-corrected chi connectivity index (χ0v) is 19.1. The summed E-state index contributed by atoms with van der Waals surface area (Å²) in [5, 5.41) is 2.03. The number of benzene rings is 1. The van der Waals surface area contributed by atoms with Crippen LogP contribution in [0.15, 0.2) is 53.9 Å². The van der Waals surface area contributed by atoms with Crippen LogP contribution in [0.25, 0.3) is 0 Å². The lowest BCUT2D eigenvalue weighted by atomic mass is 10.1. The Labute approximate surface area is 191 Å². The second-order valence-corrected chi connectivity index (χ2v) is 9.17. The Morgan fingerprint density at radius 1 is 1.09 bits per heavy atom. The molecule has 7 heteroatoms. The highest BCUT2D eigenvalue weighted by molar-refractivity contribution is 7.09. The van der Waals surface area contributed by atoms with E-state index in [9.17, 15) is 14.4 Å². The van der Waals surface area contributed by atoms with E-state index >= 15 is 0 Å².